The van der Waals surface area contributed by atoms with Crippen molar-refractivity contribution >= 4 is 22.5 Å². The summed E-state index contributed by atoms with van der Waals surface area (Å²) in [5, 5.41) is 10.00. The molecule has 0 heterocycles. The summed E-state index contributed by atoms with van der Waals surface area (Å²) in [6, 6.07) is 4.75. The van der Waals surface area contributed by atoms with Gasteiger partial charge in [-0.05, 0) is 12.1 Å². The third kappa shape index (κ3) is 4.39. The Bertz CT molecular complexity index is 443. The van der Waals surface area contributed by atoms with Crippen LogP contribution in [0.25, 0.3) is 0 Å². The molecule has 0 amide bonds. The Balaban J connectivity index is 2.83. The minimum absolute atomic E-state index is 0.172. The molecule has 0 atom stereocenters. The first-order valence-corrected chi connectivity index (χ1v) is 4.69. The molecular formula is C9H6ClF3N2O2. The van der Waals surface area contributed by atoms with Crippen molar-refractivity contribution in [2.24, 2.45) is 4.99 Å². The lowest BCUT2D eigenvalue weighted by atomic mass is 10.2. The molecule has 0 aliphatic heterocycles. The van der Waals surface area contributed by atoms with Crippen LogP contribution in [0.2, 0.25) is 0 Å². The second-order valence-corrected chi connectivity index (χ2v) is 3.38. The van der Waals surface area contributed by atoms with Crippen molar-refractivity contribution in [3.05, 3.63) is 39.9 Å². The van der Waals surface area contributed by atoms with Crippen LogP contribution >= 0.6 is 11.6 Å². The van der Waals surface area contributed by atoms with Crippen molar-refractivity contribution in [3.63, 3.8) is 0 Å². The Morgan fingerprint density at radius 2 is 1.88 bits per heavy atom. The summed E-state index contributed by atoms with van der Waals surface area (Å²) in [6.45, 7) is -1.39. The van der Waals surface area contributed by atoms with E-state index in [1.165, 1.54) is 12.1 Å². The Kier molecular flexibility index (Phi) is 4.06. The number of nitro benzene ring substituents is 1. The quantitative estimate of drug-likeness (QED) is 0.479. The molecular weight excluding hydrogens is 261 g/mol. The predicted octanol–water partition coefficient (Wildman–Crippen LogP) is 3.14. The molecule has 0 saturated carbocycles. The fourth-order valence-electron chi connectivity index (χ4n) is 0.971. The van der Waals surface area contributed by atoms with Crippen LogP contribution in [0.3, 0.4) is 0 Å². The van der Waals surface area contributed by atoms with E-state index in [0.717, 1.165) is 12.1 Å². The van der Waals surface area contributed by atoms with Gasteiger partial charge in [0.25, 0.3) is 5.69 Å². The van der Waals surface area contributed by atoms with Crippen LogP contribution in [0.15, 0.2) is 29.3 Å². The lowest BCUT2D eigenvalue weighted by Gasteiger charge is -2.02. The maximum atomic E-state index is 11.8. The van der Waals surface area contributed by atoms with Gasteiger partial charge < -0.3 is 0 Å². The fourth-order valence-corrected chi connectivity index (χ4v) is 1.16. The van der Waals surface area contributed by atoms with E-state index in [4.69, 9.17) is 11.6 Å². The first-order chi connectivity index (χ1) is 7.79. The van der Waals surface area contributed by atoms with Crippen LogP contribution in [0, 0.1) is 10.1 Å². The third-order valence-electron chi connectivity index (χ3n) is 1.71. The molecule has 0 aliphatic rings. The third-order valence-corrected chi connectivity index (χ3v) is 2.05. The van der Waals surface area contributed by atoms with E-state index in [2.05, 4.69) is 4.99 Å². The topological polar surface area (TPSA) is 55.5 Å². The van der Waals surface area contributed by atoms with Gasteiger partial charge in [-0.1, -0.05) is 11.6 Å². The molecule has 0 bridgehead atoms. The van der Waals surface area contributed by atoms with Gasteiger partial charge in [0, 0.05) is 17.7 Å². The van der Waals surface area contributed by atoms with Crippen molar-refractivity contribution < 1.29 is 18.1 Å². The monoisotopic (exact) mass is 266 g/mol. The Labute approximate surface area is 98.9 Å². The lowest BCUT2D eigenvalue weighted by Crippen LogP contribution is -2.13. The molecule has 0 aromatic heterocycles. The molecule has 0 N–H and O–H groups in total. The maximum absolute atomic E-state index is 11.8. The number of hydrogen-bond donors (Lipinski definition) is 0. The van der Waals surface area contributed by atoms with Crippen LogP contribution in [0.4, 0.5) is 18.9 Å². The molecule has 4 nitrogen and oxygen atoms in total. The Morgan fingerprint density at radius 1 is 1.35 bits per heavy atom. The second-order valence-electron chi connectivity index (χ2n) is 3.03. The van der Waals surface area contributed by atoms with Crippen molar-refractivity contribution in [3.8, 4) is 0 Å². The summed E-state index contributed by atoms with van der Waals surface area (Å²) in [7, 11) is 0. The first kappa shape index (κ1) is 13.4. The smallest absolute Gasteiger partial charge is 0.263 e. The second kappa shape index (κ2) is 5.13. The van der Waals surface area contributed by atoms with E-state index >= 15 is 0 Å². The molecule has 17 heavy (non-hydrogen) atoms. The highest BCUT2D eigenvalue weighted by Gasteiger charge is 2.26. The summed E-state index contributed by atoms with van der Waals surface area (Å²) in [4.78, 5) is 12.8. The molecule has 0 unspecified atom stereocenters. The zero-order valence-electron chi connectivity index (χ0n) is 8.24. The molecule has 0 fully saturated rings. The zero-order chi connectivity index (χ0) is 13.1. The number of nitro groups is 1. The van der Waals surface area contributed by atoms with Gasteiger partial charge in [-0.2, -0.15) is 13.2 Å². The van der Waals surface area contributed by atoms with Crippen LogP contribution < -0.4 is 0 Å². The SMILES string of the molecule is O=[N+]([O-])c1ccc(C(Cl)=NCC(F)(F)F)cc1. The number of non-ortho nitro benzene ring substituents is 1. The van der Waals surface area contributed by atoms with E-state index in [-0.39, 0.29) is 16.4 Å². The van der Waals surface area contributed by atoms with Gasteiger partial charge in [0.05, 0.1) is 4.92 Å². The summed E-state index contributed by atoms with van der Waals surface area (Å²) in [5.41, 5.74) is 0.0237. The van der Waals surface area contributed by atoms with Crippen molar-refractivity contribution in [2.75, 3.05) is 6.54 Å². The van der Waals surface area contributed by atoms with E-state index in [1.807, 2.05) is 0 Å². The molecule has 1 aromatic carbocycles. The highest BCUT2D eigenvalue weighted by atomic mass is 35.5. The number of alkyl halides is 3. The molecule has 0 aliphatic carbocycles. The minimum Gasteiger partial charge on any atom is -0.263 e. The number of aliphatic imine (C=N–C) groups is 1. The van der Waals surface area contributed by atoms with Crippen molar-refractivity contribution in [1.29, 1.82) is 0 Å². The highest BCUT2D eigenvalue weighted by Crippen LogP contribution is 2.17. The van der Waals surface area contributed by atoms with E-state index in [9.17, 15) is 23.3 Å². The number of halogens is 4. The largest absolute Gasteiger partial charge is 0.408 e. The maximum Gasteiger partial charge on any atom is 0.408 e. The minimum atomic E-state index is -4.43. The zero-order valence-corrected chi connectivity index (χ0v) is 9.00. The van der Waals surface area contributed by atoms with Gasteiger partial charge in [-0.25, -0.2) is 0 Å². The van der Waals surface area contributed by atoms with Crippen LogP contribution in [-0.2, 0) is 0 Å². The normalized spacial score (nSPS) is 12.6. The lowest BCUT2D eigenvalue weighted by molar-refractivity contribution is -0.384. The predicted molar refractivity (Wildman–Crippen MR) is 56.4 cm³/mol. The summed E-state index contributed by atoms with van der Waals surface area (Å²) < 4.78 is 35.5. The molecule has 0 spiro atoms. The molecule has 1 aromatic rings. The average molecular weight is 267 g/mol. The van der Waals surface area contributed by atoms with E-state index < -0.39 is 17.6 Å². The number of benzene rings is 1. The van der Waals surface area contributed by atoms with Crippen LogP contribution in [0.5, 0.6) is 0 Å². The average Bonchev–Trinajstić information content (AvgIpc) is 2.25. The highest BCUT2D eigenvalue weighted by molar-refractivity contribution is 6.69. The van der Waals surface area contributed by atoms with Gasteiger partial charge in [0.1, 0.15) is 11.7 Å². The molecule has 92 valence electrons. The molecule has 0 saturated heterocycles. The number of rotatable bonds is 3. The fraction of sp³-hybridized carbons (Fsp3) is 0.222. The van der Waals surface area contributed by atoms with Gasteiger partial charge in [-0.3, -0.25) is 15.1 Å². The molecule has 1 rings (SSSR count). The Hall–Kier alpha value is -1.63. The summed E-state index contributed by atoms with van der Waals surface area (Å²) in [6.07, 6.45) is -4.43. The van der Waals surface area contributed by atoms with Crippen molar-refractivity contribution in [2.45, 2.75) is 6.18 Å². The summed E-state index contributed by atoms with van der Waals surface area (Å²) >= 11 is 5.52. The van der Waals surface area contributed by atoms with Crippen LogP contribution in [0.1, 0.15) is 5.56 Å². The van der Waals surface area contributed by atoms with Gasteiger partial charge in [0.15, 0.2) is 0 Å². The van der Waals surface area contributed by atoms with Crippen LogP contribution in [-0.4, -0.2) is 22.8 Å². The van der Waals surface area contributed by atoms with Gasteiger partial charge in [-0.15, -0.1) is 0 Å². The van der Waals surface area contributed by atoms with Gasteiger partial charge >= 0.3 is 6.18 Å². The number of hydrogen-bond acceptors (Lipinski definition) is 3. The van der Waals surface area contributed by atoms with E-state index in [0.29, 0.717) is 0 Å². The molecule has 8 heteroatoms. The first-order valence-electron chi connectivity index (χ1n) is 4.31. The standard InChI is InChI=1S/C9H6ClF3N2O2/c10-8(14-5-9(11,12)13)6-1-3-7(4-2-6)15(16)17/h1-4H,5H2. The Morgan fingerprint density at radius 3 is 2.29 bits per heavy atom. The number of nitrogens with zero attached hydrogens (tertiary/aromatic N) is 2. The van der Waals surface area contributed by atoms with Crippen molar-refractivity contribution in [1.82, 2.24) is 0 Å². The van der Waals surface area contributed by atoms with Gasteiger partial charge in [0.2, 0.25) is 0 Å². The summed E-state index contributed by atoms with van der Waals surface area (Å²) in [5.74, 6) is 0. The van der Waals surface area contributed by atoms with E-state index in [1.54, 1.807) is 0 Å². The molecule has 0 radical (unpaired) electrons.